The zero-order valence-electron chi connectivity index (χ0n) is 13.5. The molecule has 0 spiro atoms. The van der Waals surface area contributed by atoms with Gasteiger partial charge in [-0.2, -0.15) is 0 Å². The fourth-order valence-electron chi connectivity index (χ4n) is 2.38. The summed E-state index contributed by atoms with van der Waals surface area (Å²) in [6.07, 6.45) is 1.71. The van der Waals surface area contributed by atoms with Gasteiger partial charge in [0.1, 0.15) is 4.83 Å². The van der Waals surface area contributed by atoms with Crippen molar-refractivity contribution in [3.63, 3.8) is 0 Å². The van der Waals surface area contributed by atoms with Crippen LogP contribution < -0.4 is 5.56 Å². The summed E-state index contributed by atoms with van der Waals surface area (Å²) in [5, 5.41) is 14.1. The van der Waals surface area contributed by atoms with Crippen LogP contribution in [0.1, 0.15) is 0 Å². The first-order chi connectivity index (χ1) is 12.3. The van der Waals surface area contributed by atoms with Gasteiger partial charge in [-0.1, -0.05) is 23.9 Å². The Kier molecular flexibility index (Phi) is 6.44. The van der Waals surface area contributed by atoms with E-state index >= 15 is 0 Å². The number of fused-ring (bicyclic) bond motifs is 1. The largest absolute Gasteiger partial charge is 0.394 e. The van der Waals surface area contributed by atoms with Gasteiger partial charge in [-0.15, -0.1) is 29.3 Å². The Morgan fingerprint density at radius 1 is 1.40 bits per heavy atom. The van der Waals surface area contributed by atoms with Crippen LogP contribution in [-0.4, -0.2) is 40.2 Å². The van der Waals surface area contributed by atoms with Gasteiger partial charge in [-0.25, -0.2) is 4.98 Å². The van der Waals surface area contributed by atoms with Gasteiger partial charge < -0.3 is 9.84 Å². The third kappa shape index (κ3) is 4.04. The molecule has 0 saturated carbocycles. The molecule has 0 atom stereocenters. The number of aliphatic hydroxyl groups is 1. The highest BCUT2D eigenvalue weighted by Gasteiger charge is 2.17. The van der Waals surface area contributed by atoms with Crippen molar-refractivity contribution in [3.8, 4) is 10.4 Å². The first-order valence-electron chi connectivity index (χ1n) is 7.74. The van der Waals surface area contributed by atoms with E-state index in [1.165, 1.54) is 23.1 Å². The van der Waals surface area contributed by atoms with Crippen LogP contribution in [0.15, 0.2) is 45.5 Å². The summed E-state index contributed by atoms with van der Waals surface area (Å²) in [6, 6.07) is 4.00. The van der Waals surface area contributed by atoms with Crippen LogP contribution in [0, 0.1) is 0 Å². The lowest BCUT2D eigenvalue weighted by Crippen LogP contribution is -2.22. The molecule has 8 heteroatoms. The van der Waals surface area contributed by atoms with Gasteiger partial charge in [0.05, 0.1) is 25.2 Å². The SMILES string of the molecule is C=CCn1c(SCCOCCO)nc2scc(-c3cccs3)c2c1=O. The molecule has 25 heavy (non-hydrogen) atoms. The minimum atomic E-state index is -0.0340. The lowest BCUT2D eigenvalue weighted by Gasteiger charge is -2.10. The predicted molar refractivity (Wildman–Crippen MR) is 106 cm³/mol. The molecule has 0 aliphatic heterocycles. The van der Waals surface area contributed by atoms with Gasteiger partial charge in [0.2, 0.25) is 0 Å². The maximum absolute atomic E-state index is 13.1. The quantitative estimate of drug-likeness (QED) is 0.261. The van der Waals surface area contributed by atoms with E-state index in [0.29, 0.717) is 36.1 Å². The molecule has 0 aliphatic rings. The maximum Gasteiger partial charge on any atom is 0.263 e. The molecule has 0 aromatic carbocycles. The maximum atomic E-state index is 13.1. The number of rotatable bonds is 9. The van der Waals surface area contributed by atoms with E-state index in [1.807, 2.05) is 22.9 Å². The second-order valence-corrected chi connectivity index (χ2v) is 7.96. The standard InChI is InChI=1S/C17H18N2O3S3/c1-2-5-19-16(21)14-12(13-4-3-9-23-13)11-25-15(14)18-17(19)24-10-8-22-7-6-20/h2-4,9,11,20H,1,5-8,10H2. The van der Waals surface area contributed by atoms with E-state index in [1.54, 1.807) is 22.0 Å². The van der Waals surface area contributed by atoms with E-state index in [0.717, 1.165) is 15.3 Å². The molecular formula is C17H18N2O3S3. The predicted octanol–water partition coefficient (Wildman–Crippen LogP) is 3.47. The molecule has 5 nitrogen and oxygen atoms in total. The Morgan fingerprint density at radius 3 is 3.00 bits per heavy atom. The summed E-state index contributed by atoms with van der Waals surface area (Å²) in [5.74, 6) is 0.665. The Labute approximate surface area is 157 Å². The number of hydrogen-bond donors (Lipinski definition) is 1. The van der Waals surface area contributed by atoms with Crippen molar-refractivity contribution in [2.45, 2.75) is 11.7 Å². The Morgan fingerprint density at radius 2 is 2.28 bits per heavy atom. The van der Waals surface area contributed by atoms with Crippen LogP contribution in [0.25, 0.3) is 20.7 Å². The van der Waals surface area contributed by atoms with Crippen molar-refractivity contribution in [2.75, 3.05) is 25.6 Å². The Hall–Kier alpha value is -1.45. The second kappa shape index (κ2) is 8.77. The zero-order valence-corrected chi connectivity index (χ0v) is 16.0. The highest BCUT2D eigenvalue weighted by Crippen LogP contribution is 2.34. The fraction of sp³-hybridized carbons (Fsp3) is 0.294. The summed E-state index contributed by atoms with van der Waals surface area (Å²) in [6.45, 7) is 5.00. The second-order valence-electron chi connectivity index (χ2n) is 5.09. The monoisotopic (exact) mass is 394 g/mol. The van der Waals surface area contributed by atoms with Crippen molar-refractivity contribution in [1.29, 1.82) is 0 Å². The van der Waals surface area contributed by atoms with Crippen LogP contribution in [0.4, 0.5) is 0 Å². The normalized spacial score (nSPS) is 11.2. The third-order valence-corrected chi connectivity index (χ3v) is 6.17. The van der Waals surface area contributed by atoms with E-state index in [-0.39, 0.29) is 12.2 Å². The average Bonchev–Trinajstić information content (AvgIpc) is 3.27. The van der Waals surface area contributed by atoms with Crippen molar-refractivity contribution in [2.24, 2.45) is 0 Å². The molecule has 3 aromatic rings. The van der Waals surface area contributed by atoms with Gasteiger partial charge in [0.15, 0.2) is 5.16 Å². The van der Waals surface area contributed by atoms with Crippen molar-refractivity contribution < 1.29 is 9.84 Å². The fourth-order valence-corrected chi connectivity index (χ4v) is 5.04. The van der Waals surface area contributed by atoms with Crippen molar-refractivity contribution in [3.05, 3.63) is 45.9 Å². The molecule has 3 heterocycles. The molecule has 0 amide bonds. The molecule has 3 rings (SSSR count). The first-order valence-corrected chi connectivity index (χ1v) is 10.5. The van der Waals surface area contributed by atoms with E-state index in [2.05, 4.69) is 6.58 Å². The minimum Gasteiger partial charge on any atom is -0.394 e. The molecular weight excluding hydrogens is 376 g/mol. The minimum absolute atomic E-state index is 0.0107. The summed E-state index contributed by atoms with van der Waals surface area (Å²) in [5.41, 5.74) is 0.918. The lowest BCUT2D eigenvalue weighted by molar-refractivity contribution is 0.103. The number of allylic oxidation sites excluding steroid dienone is 1. The van der Waals surface area contributed by atoms with Gasteiger partial charge in [0, 0.05) is 28.1 Å². The molecule has 0 fully saturated rings. The average molecular weight is 395 g/mol. The molecule has 0 radical (unpaired) electrons. The van der Waals surface area contributed by atoms with Gasteiger partial charge in [-0.05, 0) is 11.4 Å². The molecule has 1 N–H and O–H groups in total. The number of ether oxygens (including phenoxy) is 1. The summed E-state index contributed by atoms with van der Waals surface area (Å²) < 4.78 is 6.94. The summed E-state index contributed by atoms with van der Waals surface area (Å²) >= 11 is 4.59. The topological polar surface area (TPSA) is 64.3 Å². The molecule has 0 aliphatic carbocycles. The zero-order chi connectivity index (χ0) is 17.6. The highest BCUT2D eigenvalue weighted by atomic mass is 32.2. The first kappa shape index (κ1) is 18.3. The Bertz CT molecular complexity index is 900. The number of thioether (sulfide) groups is 1. The molecule has 0 saturated heterocycles. The smallest absolute Gasteiger partial charge is 0.263 e. The highest BCUT2D eigenvalue weighted by molar-refractivity contribution is 7.99. The van der Waals surface area contributed by atoms with Crippen LogP contribution in [0.2, 0.25) is 0 Å². The molecule has 0 bridgehead atoms. The number of hydrogen-bond acceptors (Lipinski definition) is 7. The van der Waals surface area contributed by atoms with E-state index < -0.39 is 0 Å². The number of aromatic nitrogens is 2. The van der Waals surface area contributed by atoms with Gasteiger partial charge in [-0.3, -0.25) is 9.36 Å². The summed E-state index contributed by atoms with van der Waals surface area (Å²) in [7, 11) is 0. The van der Waals surface area contributed by atoms with Crippen molar-refractivity contribution >= 4 is 44.7 Å². The number of thiophene rings is 2. The molecule has 3 aromatic heterocycles. The van der Waals surface area contributed by atoms with Gasteiger partial charge in [0.25, 0.3) is 5.56 Å². The Balaban J connectivity index is 1.96. The van der Waals surface area contributed by atoms with E-state index in [4.69, 9.17) is 14.8 Å². The van der Waals surface area contributed by atoms with Crippen molar-refractivity contribution in [1.82, 2.24) is 9.55 Å². The van der Waals surface area contributed by atoms with Crippen LogP contribution >= 0.6 is 34.4 Å². The molecule has 0 unspecified atom stereocenters. The number of nitrogens with zero attached hydrogens (tertiary/aromatic N) is 2. The summed E-state index contributed by atoms with van der Waals surface area (Å²) in [4.78, 5) is 19.6. The van der Waals surface area contributed by atoms with Crippen LogP contribution in [0.3, 0.4) is 0 Å². The van der Waals surface area contributed by atoms with Crippen LogP contribution in [-0.2, 0) is 11.3 Å². The third-order valence-electron chi connectivity index (χ3n) is 3.45. The number of aliphatic hydroxyl groups excluding tert-OH is 1. The molecule has 132 valence electrons. The van der Waals surface area contributed by atoms with Gasteiger partial charge >= 0.3 is 0 Å². The van der Waals surface area contributed by atoms with Crippen LogP contribution in [0.5, 0.6) is 0 Å². The lowest BCUT2D eigenvalue weighted by atomic mass is 10.2. The van der Waals surface area contributed by atoms with E-state index in [9.17, 15) is 4.79 Å².